The van der Waals surface area contributed by atoms with Crippen LogP contribution in [-0.2, 0) is 11.2 Å². The Hall–Kier alpha value is -4.25. The number of aromatic nitrogens is 1. The number of carbonyl (C=O) groups excluding carboxylic acids is 2. The number of alkyl carbamates (subject to hydrolysis) is 1. The Balaban J connectivity index is 1.61. The lowest BCUT2D eigenvalue weighted by Crippen LogP contribution is -2.16. The van der Waals surface area contributed by atoms with E-state index in [1.165, 1.54) is 49.5 Å². The molecule has 2 heterocycles. The quantitative estimate of drug-likeness (QED) is 0.199. The van der Waals surface area contributed by atoms with Crippen LogP contribution in [0.15, 0.2) is 57.4 Å². The fourth-order valence-electron chi connectivity index (χ4n) is 3.12. The molecule has 0 bridgehead atoms. The second-order valence-electron chi connectivity index (χ2n) is 7.73. The molecule has 194 valence electrons. The summed E-state index contributed by atoms with van der Waals surface area (Å²) >= 11 is 1.15. The van der Waals surface area contributed by atoms with E-state index in [9.17, 15) is 23.9 Å². The number of hydrogen-bond acceptors (Lipinski definition) is 9. The number of halogens is 1. The summed E-state index contributed by atoms with van der Waals surface area (Å²) in [6.45, 7) is 3.20. The van der Waals surface area contributed by atoms with Gasteiger partial charge in [-0.15, -0.1) is 0 Å². The van der Waals surface area contributed by atoms with Gasteiger partial charge in [-0.2, -0.15) is 0 Å². The van der Waals surface area contributed by atoms with Gasteiger partial charge in [-0.05, 0) is 62.6 Å². The van der Waals surface area contributed by atoms with E-state index in [0.717, 1.165) is 11.3 Å². The molecule has 0 atom stereocenters. The Morgan fingerprint density at radius 1 is 1.32 bits per heavy atom. The number of Topliss-reactive ketones (excluding diaryl/α,β-unsaturated/α-hetero) is 1. The monoisotopic (exact) mass is 531 g/mol. The van der Waals surface area contributed by atoms with Gasteiger partial charge in [0.05, 0.1) is 21.7 Å². The highest BCUT2D eigenvalue weighted by molar-refractivity contribution is 7.14. The Morgan fingerprint density at radius 2 is 2.08 bits per heavy atom. The summed E-state index contributed by atoms with van der Waals surface area (Å²) in [5.74, 6) is -1.09. The number of nitrogens with zero attached hydrogens (tertiary/aromatic N) is 1. The standard InChI is InChI=1S/C26H25FN2O7S/c1-15(13-21-16(2)29-26(37-21)36-18-10-8-17(27)9-11-18)23(31)22-20(30)14-19(35-24(22)32)7-5-4-6-12-28-25(33)34-3/h6,8-14,30H,4-5,7H2,1-3H3,(H,28,33)/b12-6+,15-13?/i3D3. The third kappa shape index (κ3) is 7.61. The first-order chi connectivity index (χ1) is 18.8. The van der Waals surface area contributed by atoms with Gasteiger partial charge in [0.1, 0.15) is 28.6 Å². The summed E-state index contributed by atoms with van der Waals surface area (Å²) in [4.78, 5) is 41.6. The number of aromatic hydroxyl groups is 1. The van der Waals surface area contributed by atoms with E-state index < -0.39 is 41.7 Å². The maximum Gasteiger partial charge on any atom is 0.410 e. The Kier molecular flexibility index (Phi) is 7.91. The third-order valence-corrected chi connectivity index (χ3v) is 5.93. The van der Waals surface area contributed by atoms with Gasteiger partial charge in [-0.1, -0.05) is 17.4 Å². The number of carbonyl (C=O) groups is 2. The minimum absolute atomic E-state index is 0.157. The number of benzene rings is 1. The third-order valence-electron chi connectivity index (χ3n) is 4.95. The molecule has 3 aromatic rings. The van der Waals surface area contributed by atoms with Crippen molar-refractivity contribution < 1.29 is 37.1 Å². The predicted octanol–water partition coefficient (Wildman–Crippen LogP) is 5.52. The molecule has 0 unspecified atom stereocenters. The number of aryl methyl sites for hydroxylation is 2. The van der Waals surface area contributed by atoms with Crippen LogP contribution in [0.5, 0.6) is 16.7 Å². The van der Waals surface area contributed by atoms with Crippen LogP contribution in [0.1, 0.15) is 50.6 Å². The molecule has 2 N–H and O–H groups in total. The molecular formula is C26H25FN2O7S. The first-order valence-electron chi connectivity index (χ1n) is 12.5. The number of amides is 1. The molecule has 2 aromatic heterocycles. The highest BCUT2D eigenvalue weighted by Gasteiger charge is 2.21. The lowest BCUT2D eigenvalue weighted by Gasteiger charge is -2.05. The molecule has 0 aliphatic rings. The van der Waals surface area contributed by atoms with Gasteiger partial charge in [-0.25, -0.2) is 19.0 Å². The number of nitrogens with one attached hydrogen (secondary N) is 1. The van der Waals surface area contributed by atoms with Gasteiger partial charge in [-0.3, -0.25) is 10.1 Å². The average molecular weight is 532 g/mol. The summed E-state index contributed by atoms with van der Waals surface area (Å²) in [6, 6.07) is 6.62. The Labute approximate surface area is 220 Å². The van der Waals surface area contributed by atoms with Crippen LogP contribution in [0.4, 0.5) is 9.18 Å². The van der Waals surface area contributed by atoms with Crippen LogP contribution in [0.2, 0.25) is 0 Å². The maximum absolute atomic E-state index is 13.1. The van der Waals surface area contributed by atoms with Gasteiger partial charge < -0.3 is 19.0 Å². The van der Waals surface area contributed by atoms with E-state index in [2.05, 4.69) is 15.0 Å². The van der Waals surface area contributed by atoms with Gasteiger partial charge in [0, 0.05) is 18.7 Å². The van der Waals surface area contributed by atoms with Crippen LogP contribution < -0.4 is 15.7 Å². The Bertz CT molecular complexity index is 1500. The summed E-state index contributed by atoms with van der Waals surface area (Å²) in [6.07, 6.45) is 4.28. The molecule has 1 amide bonds. The van der Waals surface area contributed by atoms with E-state index in [4.69, 9.17) is 13.3 Å². The van der Waals surface area contributed by atoms with Crippen molar-refractivity contribution in [2.75, 3.05) is 7.04 Å². The molecule has 0 saturated carbocycles. The fourth-order valence-corrected chi connectivity index (χ4v) is 4.06. The minimum atomic E-state index is -2.84. The van der Waals surface area contributed by atoms with Crippen molar-refractivity contribution in [2.24, 2.45) is 0 Å². The lowest BCUT2D eigenvalue weighted by atomic mass is 10.0. The van der Waals surface area contributed by atoms with E-state index in [-0.39, 0.29) is 22.9 Å². The molecule has 3 rings (SSSR count). The number of unbranched alkanes of at least 4 members (excludes halogenated alkanes) is 1. The van der Waals surface area contributed by atoms with Crippen molar-refractivity contribution in [3.05, 3.63) is 86.3 Å². The largest absolute Gasteiger partial charge is 0.507 e. The molecule has 0 spiro atoms. The van der Waals surface area contributed by atoms with Gasteiger partial charge in [0.2, 0.25) is 0 Å². The molecule has 0 saturated heterocycles. The van der Waals surface area contributed by atoms with Crippen LogP contribution in [0.3, 0.4) is 0 Å². The highest BCUT2D eigenvalue weighted by atomic mass is 32.1. The lowest BCUT2D eigenvalue weighted by molar-refractivity contribution is 0.102. The molecular weight excluding hydrogens is 503 g/mol. The molecule has 1 aromatic carbocycles. The zero-order valence-electron chi connectivity index (χ0n) is 22.9. The smallest absolute Gasteiger partial charge is 0.410 e. The van der Waals surface area contributed by atoms with Crippen molar-refractivity contribution in [3.63, 3.8) is 0 Å². The zero-order valence-corrected chi connectivity index (χ0v) is 20.7. The van der Waals surface area contributed by atoms with Gasteiger partial charge >= 0.3 is 11.7 Å². The fraction of sp³-hybridized carbons (Fsp3) is 0.231. The van der Waals surface area contributed by atoms with Gasteiger partial charge in [0.15, 0.2) is 5.78 Å². The SMILES string of the molecule is [2H]C([2H])([2H])OC(=O)N/C=C/CCCc1cc(O)c(C(=O)C(C)=Cc2sc(Oc3ccc(F)cc3)nc2C)c(=O)o1. The molecule has 0 radical (unpaired) electrons. The minimum Gasteiger partial charge on any atom is -0.507 e. The number of rotatable bonds is 10. The molecule has 0 fully saturated rings. The number of ketones is 1. The number of allylic oxidation sites excluding steroid dienone is 2. The summed E-state index contributed by atoms with van der Waals surface area (Å²) < 4.78 is 48.6. The van der Waals surface area contributed by atoms with Crippen LogP contribution in [-0.4, -0.2) is 29.0 Å². The first-order valence-corrected chi connectivity index (χ1v) is 11.8. The van der Waals surface area contributed by atoms with E-state index in [0.29, 0.717) is 29.2 Å². The molecule has 11 heteroatoms. The average Bonchev–Trinajstić information content (AvgIpc) is 3.19. The van der Waals surface area contributed by atoms with Gasteiger partial charge in [0.25, 0.3) is 5.19 Å². The van der Waals surface area contributed by atoms with Crippen LogP contribution >= 0.6 is 11.3 Å². The molecule has 0 aliphatic carbocycles. The predicted molar refractivity (Wildman–Crippen MR) is 136 cm³/mol. The second kappa shape index (κ2) is 12.6. The van der Waals surface area contributed by atoms with Crippen molar-refractivity contribution in [1.29, 1.82) is 0 Å². The zero-order chi connectivity index (χ0) is 29.4. The second-order valence-corrected chi connectivity index (χ2v) is 8.72. The number of methoxy groups -OCH3 is 1. The number of hydrogen-bond donors (Lipinski definition) is 2. The normalized spacial score (nSPS) is 13.1. The van der Waals surface area contributed by atoms with Crippen molar-refractivity contribution in [2.45, 2.75) is 33.1 Å². The van der Waals surface area contributed by atoms with Crippen molar-refractivity contribution in [1.82, 2.24) is 10.3 Å². The molecule has 9 nitrogen and oxygen atoms in total. The van der Waals surface area contributed by atoms with E-state index in [1.807, 2.05) is 0 Å². The van der Waals surface area contributed by atoms with Crippen LogP contribution in [0.25, 0.3) is 6.08 Å². The number of thiazole rings is 1. The van der Waals surface area contributed by atoms with E-state index in [1.54, 1.807) is 13.0 Å². The summed E-state index contributed by atoms with van der Waals surface area (Å²) in [7, 11) is -2.84. The van der Waals surface area contributed by atoms with Crippen LogP contribution in [0, 0.1) is 12.7 Å². The maximum atomic E-state index is 13.1. The Morgan fingerprint density at radius 3 is 2.78 bits per heavy atom. The molecule has 37 heavy (non-hydrogen) atoms. The van der Waals surface area contributed by atoms with E-state index >= 15 is 0 Å². The first kappa shape index (κ1) is 23.2. The summed E-state index contributed by atoms with van der Waals surface area (Å²) in [5.41, 5.74) is -0.762. The topological polar surface area (TPSA) is 128 Å². The summed E-state index contributed by atoms with van der Waals surface area (Å²) in [5, 5.41) is 12.8. The van der Waals surface area contributed by atoms with Crippen molar-refractivity contribution in [3.8, 4) is 16.7 Å². The highest BCUT2D eigenvalue weighted by Crippen LogP contribution is 2.31. The molecule has 0 aliphatic heterocycles. The van der Waals surface area contributed by atoms with Crippen molar-refractivity contribution >= 4 is 29.3 Å². The number of ether oxygens (including phenoxy) is 2.